The van der Waals surface area contributed by atoms with Crippen molar-refractivity contribution in [3.63, 3.8) is 0 Å². The van der Waals surface area contributed by atoms with Crippen LogP contribution >= 0.6 is 0 Å². The Morgan fingerprint density at radius 1 is 1.20 bits per heavy atom. The molecule has 0 bridgehead atoms. The molecule has 0 aliphatic carbocycles. The molecule has 1 atom stereocenters. The first kappa shape index (κ1) is 12.1. The van der Waals surface area contributed by atoms with Crippen molar-refractivity contribution < 1.29 is 8.78 Å². The molecule has 0 heterocycles. The molecular weight excluding hydrogens is 196 g/mol. The van der Waals surface area contributed by atoms with Crippen molar-refractivity contribution >= 4 is 0 Å². The fourth-order valence-corrected chi connectivity index (χ4v) is 1.44. The van der Waals surface area contributed by atoms with Crippen LogP contribution in [0, 0.1) is 11.6 Å². The van der Waals surface area contributed by atoms with E-state index in [1.165, 1.54) is 12.1 Å². The second kappa shape index (κ2) is 5.81. The zero-order valence-corrected chi connectivity index (χ0v) is 9.19. The third-order valence-corrected chi connectivity index (χ3v) is 2.37. The average molecular weight is 213 g/mol. The van der Waals surface area contributed by atoms with E-state index in [0.717, 1.165) is 25.5 Å². The molecule has 0 aromatic heterocycles. The zero-order chi connectivity index (χ0) is 11.3. The summed E-state index contributed by atoms with van der Waals surface area (Å²) in [6.07, 6.45) is 2.18. The Labute approximate surface area is 89.5 Å². The molecule has 0 aliphatic heterocycles. The van der Waals surface area contributed by atoms with Gasteiger partial charge in [0.25, 0.3) is 0 Å². The third kappa shape index (κ3) is 3.96. The van der Waals surface area contributed by atoms with E-state index in [9.17, 15) is 8.78 Å². The van der Waals surface area contributed by atoms with Gasteiger partial charge < -0.3 is 5.32 Å². The summed E-state index contributed by atoms with van der Waals surface area (Å²) in [4.78, 5) is 0. The summed E-state index contributed by atoms with van der Waals surface area (Å²) in [5, 5.41) is 3.22. The van der Waals surface area contributed by atoms with E-state index in [1.54, 1.807) is 0 Å². The highest BCUT2D eigenvalue weighted by Crippen LogP contribution is 2.15. The molecule has 0 saturated heterocycles. The highest BCUT2D eigenvalue weighted by atomic mass is 19.1. The second-order valence-corrected chi connectivity index (χ2v) is 3.73. The zero-order valence-electron chi connectivity index (χ0n) is 9.19. The van der Waals surface area contributed by atoms with Crippen molar-refractivity contribution in [3.05, 3.63) is 35.4 Å². The minimum absolute atomic E-state index is 0.0123. The quantitative estimate of drug-likeness (QED) is 0.739. The van der Waals surface area contributed by atoms with E-state index in [-0.39, 0.29) is 6.04 Å². The molecule has 0 radical (unpaired) electrons. The van der Waals surface area contributed by atoms with Crippen LogP contribution in [0.2, 0.25) is 0 Å². The molecule has 3 heteroatoms. The number of hydrogen-bond acceptors (Lipinski definition) is 1. The highest BCUT2D eigenvalue weighted by Gasteiger charge is 2.07. The Kier molecular flexibility index (Phi) is 4.69. The summed E-state index contributed by atoms with van der Waals surface area (Å²) < 4.78 is 25.8. The van der Waals surface area contributed by atoms with Gasteiger partial charge in [-0.25, -0.2) is 8.78 Å². The van der Waals surface area contributed by atoms with E-state index in [2.05, 4.69) is 12.2 Å². The summed E-state index contributed by atoms with van der Waals surface area (Å²) in [5.41, 5.74) is 0.656. The van der Waals surface area contributed by atoms with Crippen molar-refractivity contribution in [1.82, 2.24) is 5.32 Å². The Morgan fingerprint density at radius 2 is 1.80 bits per heavy atom. The summed E-state index contributed by atoms with van der Waals surface area (Å²) in [5.74, 6) is -1.04. The number of rotatable bonds is 5. The van der Waals surface area contributed by atoms with Crippen molar-refractivity contribution in [2.45, 2.75) is 32.7 Å². The van der Waals surface area contributed by atoms with E-state index in [0.29, 0.717) is 5.56 Å². The molecule has 1 rings (SSSR count). The highest BCUT2D eigenvalue weighted by molar-refractivity contribution is 5.20. The molecule has 0 aliphatic rings. The predicted octanol–water partition coefficient (Wildman–Crippen LogP) is 3.42. The number of halogens is 2. The Hall–Kier alpha value is -0.960. The molecule has 84 valence electrons. The molecule has 0 unspecified atom stereocenters. The molecule has 0 saturated carbocycles. The molecule has 1 aromatic rings. The van der Waals surface area contributed by atoms with Crippen LogP contribution < -0.4 is 5.32 Å². The number of unbranched alkanes of at least 4 members (excludes halogenated alkanes) is 1. The van der Waals surface area contributed by atoms with Crippen LogP contribution in [0.3, 0.4) is 0 Å². The molecule has 1 N–H and O–H groups in total. The number of benzene rings is 1. The monoisotopic (exact) mass is 213 g/mol. The van der Waals surface area contributed by atoms with Gasteiger partial charge in [0.15, 0.2) is 0 Å². The smallest absolute Gasteiger partial charge is 0.126 e. The molecule has 0 fully saturated rings. The van der Waals surface area contributed by atoms with Crippen LogP contribution in [0.1, 0.15) is 38.3 Å². The van der Waals surface area contributed by atoms with Crippen molar-refractivity contribution in [2.24, 2.45) is 0 Å². The topological polar surface area (TPSA) is 12.0 Å². The van der Waals surface area contributed by atoms with Crippen LogP contribution in [0.5, 0.6) is 0 Å². The van der Waals surface area contributed by atoms with Gasteiger partial charge in [-0.1, -0.05) is 13.3 Å². The van der Waals surface area contributed by atoms with Gasteiger partial charge in [0.1, 0.15) is 11.6 Å². The Morgan fingerprint density at radius 3 is 2.33 bits per heavy atom. The Balaban J connectivity index is 2.60. The van der Waals surface area contributed by atoms with Gasteiger partial charge in [-0.05, 0) is 37.6 Å². The first-order valence-electron chi connectivity index (χ1n) is 5.33. The van der Waals surface area contributed by atoms with E-state index >= 15 is 0 Å². The maximum absolute atomic E-state index is 12.9. The van der Waals surface area contributed by atoms with Gasteiger partial charge in [0.2, 0.25) is 0 Å². The molecule has 15 heavy (non-hydrogen) atoms. The third-order valence-electron chi connectivity index (χ3n) is 2.37. The summed E-state index contributed by atoms with van der Waals surface area (Å²) in [6.45, 7) is 4.88. The first-order chi connectivity index (χ1) is 7.13. The van der Waals surface area contributed by atoms with Crippen molar-refractivity contribution in [2.75, 3.05) is 6.54 Å². The molecule has 0 spiro atoms. The van der Waals surface area contributed by atoms with Crippen LogP contribution in [-0.2, 0) is 0 Å². The second-order valence-electron chi connectivity index (χ2n) is 3.73. The minimum Gasteiger partial charge on any atom is -0.310 e. The van der Waals surface area contributed by atoms with Gasteiger partial charge in [-0.3, -0.25) is 0 Å². The largest absolute Gasteiger partial charge is 0.310 e. The first-order valence-corrected chi connectivity index (χ1v) is 5.33. The van der Waals surface area contributed by atoms with E-state index in [4.69, 9.17) is 0 Å². The van der Waals surface area contributed by atoms with Crippen LogP contribution in [0.25, 0.3) is 0 Å². The lowest BCUT2D eigenvalue weighted by atomic mass is 10.1. The van der Waals surface area contributed by atoms with E-state index in [1.807, 2.05) is 6.92 Å². The lowest BCUT2D eigenvalue weighted by molar-refractivity contribution is 0.535. The van der Waals surface area contributed by atoms with Crippen LogP contribution in [-0.4, -0.2) is 6.54 Å². The van der Waals surface area contributed by atoms with Crippen LogP contribution in [0.4, 0.5) is 8.78 Å². The fraction of sp³-hybridized carbons (Fsp3) is 0.500. The van der Waals surface area contributed by atoms with Gasteiger partial charge in [-0.2, -0.15) is 0 Å². The molecule has 1 aromatic carbocycles. The van der Waals surface area contributed by atoms with Gasteiger partial charge in [-0.15, -0.1) is 0 Å². The fourth-order valence-electron chi connectivity index (χ4n) is 1.44. The average Bonchev–Trinajstić information content (AvgIpc) is 2.16. The molecular formula is C12H17F2N. The summed E-state index contributed by atoms with van der Waals surface area (Å²) in [6, 6.07) is 3.61. The lowest BCUT2D eigenvalue weighted by Crippen LogP contribution is -2.19. The summed E-state index contributed by atoms with van der Waals surface area (Å²) in [7, 11) is 0. The van der Waals surface area contributed by atoms with Crippen molar-refractivity contribution in [3.8, 4) is 0 Å². The van der Waals surface area contributed by atoms with E-state index < -0.39 is 11.6 Å². The predicted molar refractivity (Wildman–Crippen MR) is 57.7 cm³/mol. The SMILES string of the molecule is CCCCN[C@@H](C)c1cc(F)cc(F)c1. The maximum atomic E-state index is 12.9. The minimum atomic E-state index is -0.519. The van der Waals surface area contributed by atoms with Gasteiger partial charge in [0, 0.05) is 12.1 Å². The molecule has 0 amide bonds. The standard InChI is InChI=1S/C12H17F2N/c1-3-4-5-15-9(2)10-6-11(13)8-12(14)7-10/h6-9,15H,3-5H2,1-2H3/t9-/m0/s1. The Bertz CT molecular complexity index is 292. The van der Waals surface area contributed by atoms with Gasteiger partial charge >= 0.3 is 0 Å². The van der Waals surface area contributed by atoms with Crippen molar-refractivity contribution in [1.29, 1.82) is 0 Å². The number of nitrogens with one attached hydrogen (secondary N) is 1. The van der Waals surface area contributed by atoms with Gasteiger partial charge in [0.05, 0.1) is 0 Å². The molecule has 1 nitrogen and oxygen atoms in total. The number of hydrogen-bond donors (Lipinski definition) is 1. The maximum Gasteiger partial charge on any atom is 0.126 e. The lowest BCUT2D eigenvalue weighted by Gasteiger charge is -2.14. The normalized spacial score (nSPS) is 12.8. The van der Waals surface area contributed by atoms with Crippen LogP contribution in [0.15, 0.2) is 18.2 Å². The summed E-state index contributed by atoms with van der Waals surface area (Å²) >= 11 is 0.